The third-order valence-electron chi connectivity index (χ3n) is 4.37. The Bertz CT molecular complexity index is 1220. The van der Waals surface area contributed by atoms with E-state index in [4.69, 9.17) is 21.1 Å². The van der Waals surface area contributed by atoms with Crippen LogP contribution >= 0.6 is 27.5 Å². The number of hydrazine groups is 1. The molecule has 0 bridgehead atoms. The van der Waals surface area contributed by atoms with Crippen molar-refractivity contribution in [1.82, 2.24) is 5.43 Å². The number of carboxylic acid groups (broad SMARTS) is 1. The van der Waals surface area contributed by atoms with Gasteiger partial charge >= 0.3 is 5.97 Å². The number of nitrogens with zero attached hydrogens (tertiary/aromatic N) is 1. The molecule has 1 saturated heterocycles. The highest BCUT2D eigenvalue weighted by molar-refractivity contribution is 9.10. The van der Waals surface area contributed by atoms with Gasteiger partial charge in [0.1, 0.15) is 17.1 Å². The van der Waals surface area contributed by atoms with Crippen LogP contribution in [0.3, 0.4) is 0 Å². The molecule has 0 unspecified atom stereocenters. The third-order valence-corrected chi connectivity index (χ3v) is 5.22. The molecule has 7 nitrogen and oxygen atoms in total. The smallest absolute Gasteiger partial charge is 0.337 e. The Kier molecular flexibility index (Phi) is 5.19. The fraction of sp³-hybridized carbons (Fsp3) is 0. The molecule has 0 spiro atoms. The highest BCUT2D eigenvalue weighted by Gasteiger charge is 2.34. The highest BCUT2D eigenvalue weighted by Crippen LogP contribution is 2.29. The summed E-state index contributed by atoms with van der Waals surface area (Å²) >= 11 is 9.32. The van der Waals surface area contributed by atoms with Gasteiger partial charge in [0.25, 0.3) is 11.8 Å². The van der Waals surface area contributed by atoms with Crippen molar-refractivity contribution in [2.75, 3.05) is 5.01 Å². The Morgan fingerprint density at radius 1 is 1.10 bits per heavy atom. The molecule has 1 aliphatic rings. The van der Waals surface area contributed by atoms with E-state index >= 15 is 0 Å². The van der Waals surface area contributed by atoms with E-state index in [2.05, 4.69) is 21.4 Å². The van der Waals surface area contributed by atoms with Gasteiger partial charge in [0.05, 0.1) is 16.3 Å². The second kappa shape index (κ2) is 7.81. The van der Waals surface area contributed by atoms with Gasteiger partial charge in [0.2, 0.25) is 0 Å². The quantitative estimate of drug-likeness (QED) is 0.416. The van der Waals surface area contributed by atoms with Gasteiger partial charge in [-0.3, -0.25) is 15.0 Å². The van der Waals surface area contributed by atoms with Crippen LogP contribution in [-0.2, 0) is 9.59 Å². The zero-order valence-corrected chi connectivity index (χ0v) is 17.4. The molecule has 0 saturated carbocycles. The minimum Gasteiger partial charge on any atom is -0.478 e. The molecule has 0 aliphatic carbocycles. The fourth-order valence-electron chi connectivity index (χ4n) is 2.90. The van der Waals surface area contributed by atoms with Gasteiger partial charge in [-0.2, -0.15) is 0 Å². The number of rotatable bonds is 4. The maximum atomic E-state index is 12.7. The molecule has 30 heavy (non-hydrogen) atoms. The molecule has 1 fully saturated rings. The van der Waals surface area contributed by atoms with Crippen LogP contribution in [0.1, 0.15) is 16.1 Å². The van der Waals surface area contributed by atoms with Crippen molar-refractivity contribution in [1.29, 1.82) is 0 Å². The largest absolute Gasteiger partial charge is 0.478 e. The van der Waals surface area contributed by atoms with E-state index in [1.165, 1.54) is 18.2 Å². The maximum absolute atomic E-state index is 12.7. The van der Waals surface area contributed by atoms with Crippen LogP contribution < -0.4 is 10.4 Å². The molecule has 1 aromatic heterocycles. The van der Waals surface area contributed by atoms with Crippen molar-refractivity contribution in [3.8, 4) is 11.3 Å². The van der Waals surface area contributed by atoms with Gasteiger partial charge in [-0.1, -0.05) is 33.6 Å². The van der Waals surface area contributed by atoms with Gasteiger partial charge in [-0.05, 0) is 54.6 Å². The van der Waals surface area contributed by atoms with Crippen LogP contribution in [0, 0.1) is 0 Å². The van der Waals surface area contributed by atoms with Crippen molar-refractivity contribution in [3.63, 3.8) is 0 Å². The van der Waals surface area contributed by atoms with Crippen molar-refractivity contribution in [3.05, 3.63) is 81.0 Å². The summed E-state index contributed by atoms with van der Waals surface area (Å²) in [5, 5.41) is 10.3. The molecule has 150 valence electrons. The van der Waals surface area contributed by atoms with E-state index in [9.17, 15) is 14.4 Å². The zero-order valence-electron chi connectivity index (χ0n) is 15.1. The number of furan rings is 1. The Labute approximate surface area is 183 Å². The second-order valence-electron chi connectivity index (χ2n) is 6.32. The molecule has 9 heteroatoms. The number of anilines is 1. The molecule has 3 aromatic rings. The van der Waals surface area contributed by atoms with Crippen LogP contribution in [0.15, 0.2) is 69.1 Å². The van der Waals surface area contributed by atoms with E-state index in [-0.39, 0.29) is 16.2 Å². The van der Waals surface area contributed by atoms with Crippen molar-refractivity contribution in [2.45, 2.75) is 0 Å². The number of carbonyl (C=O) groups is 3. The first kappa shape index (κ1) is 19.9. The normalized spacial score (nSPS) is 15.0. The number of benzene rings is 2. The molecule has 4 rings (SSSR count). The van der Waals surface area contributed by atoms with Gasteiger partial charge in [0.15, 0.2) is 0 Å². The first-order valence-electron chi connectivity index (χ1n) is 8.59. The van der Waals surface area contributed by atoms with Crippen molar-refractivity contribution >= 4 is 57.1 Å². The molecular formula is C21H12BrClN2O5. The van der Waals surface area contributed by atoms with Crippen molar-refractivity contribution in [2.24, 2.45) is 0 Å². The SMILES string of the molecule is O=C1NN(c2ccc(Br)cc2)C(=O)/C1=C\c1ccc(-c2ccc(C(=O)O)c(Cl)c2)o1. The third kappa shape index (κ3) is 3.74. The predicted molar refractivity (Wildman–Crippen MR) is 114 cm³/mol. The Morgan fingerprint density at radius 2 is 1.83 bits per heavy atom. The Balaban J connectivity index is 1.60. The summed E-state index contributed by atoms with van der Waals surface area (Å²) in [6.07, 6.45) is 1.35. The second-order valence-corrected chi connectivity index (χ2v) is 7.64. The van der Waals surface area contributed by atoms with Crippen molar-refractivity contribution < 1.29 is 23.9 Å². The molecular weight excluding hydrogens is 476 g/mol. The highest BCUT2D eigenvalue weighted by atomic mass is 79.9. The monoisotopic (exact) mass is 486 g/mol. The van der Waals surface area contributed by atoms with Crippen LogP contribution in [0.2, 0.25) is 5.02 Å². The van der Waals surface area contributed by atoms with E-state index < -0.39 is 17.8 Å². The van der Waals surface area contributed by atoms with Gasteiger partial charge in [0, 0.05) is 10.0 Å². The van der Waals surface area contributed by atoms with Crippen LogP contribution in [0.5, 0.6) is 0 Å². The van der Waals surface area contributed by atoms with Crippen LogP contribution in [0.25, 0.3) is 17.4 Å². The molecule has 2 aromatic carbocycles. The summed E-state index contributed by atoms with van der Waals surface area (Å²) in [4.78, 5) is 36.1. The van der Waals surface area contributed by atoms with Crippen LogP contribution in [-0.4, -0.2) is 22.9 Å². The lowest BCUT2D eigenvalue weighted by molar-refractivity contribution is -0.117. The zero-order chi connectivity index (χ0) is 21.4. The molecule has 2 heterocycles. The van der Waals surface area contributed by atoms with E-state index in [1.807, 2.05) is 0 Å². The molecule has 1 aliphatic heterocycles. The summed E-state index contributed by atoms with van der Waals surface area (Å²) in [6.45, 7) is 0. The summed E-state index contributed by atoms with van der Waals surface area (Å²) in [5.74, 6) is -1.47. The molecule has 2 amide bonds. The summed E-state index contributed by atoms with van der Waals surface area (Å²) in [5.41, 5.74) is 3.51. The summed E-state index contributed by atoms with van der Waals surface area (Å²) in [7, 11) is 0. The van der Waals surface area contributed by atoms with Gasteiger partial charge < -0.3 is 9.52 Å². The average Bonchev–Trinajstić information content (AvgIpc) is 3.29. The summed E-state index contributed by atoms with van der Waals surface area (Å²) < 4.78 is 6.55. The average molecular weight is 488 g/mol. The minimum atomic E-state index is -1.13. The first-order valence-corrected chi connectivity index (χ1v) is 9.76. The lowest BCUT2D eigenvalue weighted by Gasteiger charge is -2.14. The number of aromatic carboxylic acids is 1. The predicted octanol–water partition coefficient (Wildman–Crippen LogP) is 4.52. The molecule has 0 radical (unpaired) electrons. The molecule has 2 N–H and O–H groups in total. The Morgan fingerprint density at radius 3 is 2.50 bits per heavy atom. The first-order chi connectivity index (χ1) is 14.3. The lowest BCUT2D eigenvalue weighted by Crippen LogP contribution is -2.35. The van der Waals surface area contributed by atoms with Gasteiger partial charge in [-0.15, -0.1) is 0 Å². The molecule has 0 atom stereocenters. The number of carboxylic acids is 1. The Hall–Kier alpha value is -3.36. The number of nitrogens with one attached hydrogen (secondary N) is 1. The minimum absolute atomic E-state index is 0.0180. The van der Waals surface area contributed by atoms with Gasteiger partial charge in [-0.25, -0.2) is 9.80 Å². The summed E-state index contributed by atoms with van der Waals surface area (Å²) in [6, 6.07) is 14.6. The fourth-order valence-corrected chi connectivity index (χ4v) is 3.42. The number of hydrogen-bond donors (Lipinski definition) is 2. The standard InChI is InChI=1S/C21H12BrClN2O5/c22-12-2-4-13(5-3-12)25-20(27)16(19(26)24-25)10-14-6-8-18(30-14)11-1-7-15(21(28)29)17(23)9-11/h1-10H,(H,24,26)(H,28,29)/b16-10-. The number of hydrogen-bond acceptors (Lipinski definition) is 4. The van der Waals surface area contributed by atoms with E-state index in [0.717, 1.165) is 9.48 Å². The van der Waals surface area contributed by atoms with E-state index in [0.29, 0.717) is 22.8 Å². The van der Waals surface area contributed by atoms with Crippen LogP contribution in [0.4, 0.5) is 5.69 Å². The lowest BCUT2D eigenvalue weighted by atomic mass is 10.1. The topological polar surface area (TPSA) is 99.9 Å². The van der Waals surface area contributed by atoms with E-state index in [1.54, 1.807) is 42.5 Å². The number of carbonyl (C=O) groups excluding carboxylic acids is 2. The number of halogens is 2. The number of amides is 2. The maximum Gasteiger partial charge on any atom is 0.337 e.